The molecule has 0 saturated carbocycles. The van der Waals surface area contributed by atoms with Crippen molar-refractivity contribution in [3.05, 3.63) is 29.5 Å². The van der Waals surface area contributed by atoms with Crippen molar-refractivity contribution in [2.45, 2.75) is 45.4 Å². The van der Waals surface area contributed by atoms with Crippen molar-refractivity contribution < 1.29 is 47.7 Å². The first-order valence-electron chi connectivity index (χ1n) is 10.6. The summed E-state index contributed by atoms with van der Waals surface area (Å²) in [6, 6.07) is 6.27. The van der Waals surface area contributed by atoms with Crippen LogP contribution >= 0.6 is 0 Å². The monoisotopic (exact) mass is 468 g/mol. The van der Waals surface area contributed by atoms with Crippen molar-refractivity contribution in [3.8, 4) is 5.75 Å². The van der Waals surface area contributed by atoms with E-state index in [0.29, 0.717) is 6.42 Å². The number of carbonyl (C=O) groups is 1. The van der Waals surface area contributed by atoms with E-state index in [4.69, 9.17) is 28.1 Å². The number of benzene rings is 1. The molecule has 0 aliphatic carbocycles. The largest absolute Gasteiger partial charge is 0.497 e. The van der Waals surface area contributed by atoms with Crippen molar-refractivity contribution in [3.63, 3.8) is 0 Å². The number of ether oxygens (including phenoxy) is 2. The van der Waals surface area contributed by atoms with E-state index in [1.807, 2.05) is 6.07 Å². The number of nitrogens with zero attached hydrogens (tertiary/aromatic N) is 1. The molecule has 1 N–H and O–H groups in total. The van der Waals surface area contributed by atoms with Crippen LogP contribution in [0.2, 0.25) is 0 Å². The van der Waals surface area contributed by atoms with Crippen LogP contribution in [0.3, 0.4) is 0 Å². The van der Waals surface area contributed by atoms with E-state index in [0.717, 1.165) is 44.5 Å². The average Bonchev–Trinajstić information content (AvgIpc) is 3.13. The molecule has 0 saturated heterocycles. The van der Waals surface area contributed by atoms with Crippen molar-refractivity contribution >= 4 is 22.6 Å². The van der Waals surface area contributed by atoms with Gasteiger partial charge in [-0.25, -0.2) is 23.2 Å². The Balaban J connectivity index is 0.000000523. The third kappa shape index (κ3) is 5.24. The Labute approximate surface area is 189 Å². The van der Waals surface area contributed by atoms with Crippen molar-refractivity contribution in [1.29, 1.82) is 0 Å². The van der Waals surface area contributed by atoms with Crippen LogP contribution in [0.4, 0.5) is 0 Å². The molecule has 2 aliphatic rings. The zero-order valence-corrected chi connectivity index (χ0v) is 19.3. The van der Waals surface area contributed by atoms with Gasteiger partial charge in [-0.1, -0.05) is 6.92 Å². The highest BCUT2D eigenvalue weighted by atomic mass is 35.7. The molecule has 0 fully saturated rings. The van der Waals surface area contributed by atoms with Crippen molar-refractivity contribution in [2.75, 3.05) is 27.3 Å². The maximum atomic E-state index is 11.9. The minimum absolute atomic E-state index is 0.0343. The number of hydrogen-bond acceptors (Lipinski definition) is 7. The van der Waals surface area contributed by atoms with E-state index in [9.17, 15) is 4.79 Å². The Hall–Kier alpha value is -2.17. The maximum Gasteiger partial charge on any atom is 0.305 e. The highest BCUT2D eigenvalue weighted by molar-refractivity contribution is 6.06. The number of hydrogen-bond donors (Lipinski definition) is 1. The molecule has 2 aliphatic heterocycles. The summed E-state index contributed by atoms with van der Waals surface area (Å²) in [6.45, 7) is 4.41. The number of fused-ring (bicyclic) bond motifs is 4. The van der Waals surface area contributed by atoms with E-state index < -0.39 is 10.2 Å². The number of aromatic amines is 1. The number of H-pyrrole nitrogens is 1. The van der Waals surface area contributed by atoms with Gasteiger partial charge in [0, 0.05) is 30.2 Å². The van der Waals surface area contributed by atoms with E-state index >= 15 is 0 Å². The molecule has 1 atom stereocenters. The summed E-state index contributed by atoms with van der Waals surface area (Å²) in [5.41, 5.74) is 5.28. The molecule has 0 spiro atoms. The van der Waals surface area contributed by atoms with E-state index in [1.165, 1.54) is 41.4 Å². The van der Waals surface area contributed by atoms with Crippen LogP contribution in [0.25, 0.3) is 10.9 Å². The van der Waals surface area contributed by atoms with Crippen molar-refractivity contribution in [2.24, 2.45) is 5.41 Å². The van der Waals surface area contributed by atoms with Crippen LogP contribution < -0.4 is 23.4 Å². The number of rotatable bonds is 5. The number of esters is 1. The summed E-state index contributed by atoms with van der Waals surface area (Å²) < 4.78 is 46.9. The lowest BCUT2D eigenvalue weighted by Crippen LogP contribution is -2.68. The van der Waals surface area contributed by atoms with E-state index in [1.54, 1.807) is 7.11 Å². The lowest BCUT2D eigenvalue weighted by Gasteiger charge is -2.37. The summed E-state index contributed by atoms with van der Waals surface area (Å²) >= 11 is 0. The Kier molecular flexibility index (Phi) is 7.46. The Morgan fingerprint density at radius 1 is 1.22 bits per heavy atom. The highest BCUT2D eigenvalue weighted by Gasteiger charge is 2.47. The van der Waals surface area contributed by atoms with Gasteiger partial charge in [-0.3, -0.25) is 4.79 Å². The molecular formula is C22H29ClN2O7. The first-order chi connectivity index (χ1) is 15.1. The number of carbonyl (C=O) groups excluding carboxylic acids is 1. The van der Waals surface area contributed by atoms with Crippen LogP contribution in [0, 0.1) is 15.7 Å². The normalized spacial score (nSPS) is 20.2. The number of halogens is 1. The average molecular weight is 469 g/mol. The fraction of sp³-hybridized carbons (Fsp3) is 0.545. The standard InChI is InChI=1S/C22H28N2O3.ClHO4/c1-4-22(11-8-19(25)27-3)10-5-12-24-13-9-16-17-14-15(26-2)6-7-18(17)23-20(16)21(22)24;2-1(3,4)5/h6-7,14H,4-5,8-13H2,1-3H3;(H,2,3,4,5). The van der Waals surface area contributed by atoms with Gasteiger partial charge in [0.1, 0.15) is 24.5 Å². The highest BCUT2D eigenvalue weighted by Crippen LogP contribution is 2.43. The summed E-state index contributed by atoms with van der Waals surface area (Å²) in [4.78, 5) is 15.6. The summed E-state index contributed by atoms with van der Waals surface area (Å²) in [5, 5.41) is 1.26. The van der Waals surface area contributed by atoms with Gasteiger partial charge in [0.25, 0.3) is 0 Å². The fourth-order valence-corrected chi connectivity index (χ4v) is 5.09. The van der Waals surface area contributed by atoms with Gasteiger partial charge in [0.05, 0.1) is 19.6 Å². The quantitative estimate of drug-likeness (QED) is 0.433. The molecule has 176 valence electrons. The third-order valence-electron chi connectivity index (χ3n) is 6.60. The van der Waals surface area contributed by atoms with Gasteiger partial charge < -0.3 is 14.5 Å². The lowest BCUT2D eigenvalue weighted by molar-refractivity contribution is -2.00. The SMILES string of the molecule is CCC1(CCC(=O)OC)CCC[N+]2=C1c1[nH]c3ccc(OC)cc3c1CC2.[O-][Cl+3]([O-])([O-])[O-]. The molecule has 2 aromatic rings. The third-order valence-corrected chi connectivity index (χ3v) is 6.60. The second-order valence-electron chi connectivity index (χ2n) is 8.17. The van der Waals surface area contributed by atoms with Gasteiger partial charge in [0.2, 0.25) is 5.71 Å². The lowest BCUT2D eigenvalue weighted by atomic mass is 9.68. The fourth-order valence-electron chi connectivity index (χ4n) is 5.09. The topological polar surface area (TPSA) is 147 Å². The van der Waals surface area contributed by atoms with E-state index in [2.05, 4.69) is 28.6 Å². The smallest absolute Gasteiger partial charge is 0.305 e. The molecule has 1 aromatic carbocycles. The van der Waals surface area contributed by atoms with Crippen molar-refractivity contribution in [1.82, 2.24) is 4.98 Å². The van der Waals surface area contributed by atoms with Crippen LogP contribution in [-0.2, 0) is 16.0 Å². The van der Waals surface area contributed by atoms with Crippen LogP contribution in [-0.4, -0.2) is 48.5 Å². The molecule has 0 bridgehead atoms. The molecule has 9 nitrogen and oxygen atoms in total. The number of methoxy groups -OCH3 is 2. The molecular weight excluding hydrogens is 440 g/mol. The summed E-state index contributed by atoms with van der Waals surface area (Å²) in [7, 11) is -1.75. The second kappa shape index (κ2) is 9.76. The zero-order chi connectivity index (χ0) is 23.5. The zero-order valence-electron chi connectivity index (χ0n) is 18.6. The predicted molar refractivity (Wildman–Crippen MR) is 106 cm³/mol. The molecule has 32 heavy (non-hydrogen) atoms. The predicted octanol–water partition coefficient (Wildman–Crippen LogP) is -1.08. The molecule has 3 heterocycles. The Bertz CT molecular complexity index is 1010. The van der Waals surface area contributed by atoms with E-state index in [-0.39, 0.29) is 11.4 Å². The maximum absolute atomic E-state index is 11.9. The number of nitrogens with one attached hydrogen (secondary N) is 1. The Morgan fingerprint density at radius 3 is 2.56 bits per heavy atom. The van der Waals surface area contributed by atoms with Crippen LogP contribution in [0.1, 0.15) is 50.3 Å². The van der Waals surface area contributed by atoms with Gasteiger partial charge >= 0.3 is 5.97 Å². The molecule has 10 heteroatoms. The van der Waals surface area contributed by atoms with Crippen LogP contribution in [0.5, 0.6) is 5.75 Å². The number of aromatic nitrogens is 1. The summed E-state index contributed by atoms with van der Waals surface area (Å²) in [5.74, 6) is 0.783. The molecule has 0 radical (unpaired) electrons. The molecule has 0 amide bonds. The van der Waals surface area contributed by atoms with Gasteiger partial charge in [-0.05, 0) is 43.0 Å². The van der Waals surface area contributed by atoms with Gasteiger partial charge in [-0.15, -0.1) is 10.2 Å². The minimum Gasteiger partial charge on any atom is -0.497 e. The van der Waals surface area contributed by atoms with Gasteiger partial charge in [-0.2, -0.15) is 0 Å². The van der Waals surface area contributed by atoms with Gasteiger partial charge in [0.15, 0.2) is 0 Å². The van der Waals surface area contributed by atoms with Crippen LogP contribution in [0.15, 0.2) is 18.2 Å². The molecule has 1 unspecified atom stereocenters. The second-order valence-corrected chi connectivity index (χ2v) is 8.92. The molecule has 1 aromatic heterocycles. The first kappa shape index (κ1) is 24.5. The summed E-state index contributed by atoms with van der Waals surface area (Å²) in [6.07, 6.45) is 5.72. The minimum atomic E-state index is -4.94. The molecule has 4 rings (SSSR count). The Morgan fingerprint density at radius 2 is 1.94 bits per heavy atom. The first-order valence-corrected chi connectivity index (χ1v) is 11.8.